The fraction of sp³-hybridized carbons (Fsp3) is 0.300. The van der Waals surface area contributed by atoms with Gasteiger partial charge in [-0.05, 0) is 76.2 Å². The van der Waals surface area contributed by atoms with Gasteiger partial charge in [0.05, 0.1) is 6.04 Å². The Kier molecular flexibility index (Phi) is 3.73. The van der Waals surface area contributed by atoms with E-state index in [-0.39, 0.29) is 0 Å². The molecule has 0 saturated heterocycles. The van der Waals surface area contributed by atoms with Crippen LogP contribution in [0.25, 0.3) is 0 Å². The van der Waals surface area contributed by atoms with E-state index in [2.05, 4.69) is 89.4 Å². The van der Waals surface area contributed by atoms with E-state index in [9.17, 15) is 0 Å². The summed E-state index contributed by atoms with van der Waals surface area (Å²) in [5.74, 6) is 1.19. The van der Waals surface area contributed by atoms with Crippen LogP contribution in [0.4, 0.5) is 5.69 Å². The summed E-state index contributed by atoms with van der Waals surface area (Å²) in [6.07, 6.45) is 7.04. The van der Waals surface area contributed by atoms with Crippen LogP contribution in [0.2, 0.25) is 0 Å². The van der Waals surface area contributed by atoms with Crippen molar-refractivity contribution in [2.75, 3.05) is 5.32 Å². The molecular weight excluding hydrogens is 381 g/mol. The number of allylic oxidation sites excluding steroid dienone is 2. The molecule has 2 aromatic rings. The molecule has 0 bridgehead atoms. The van der Waals surface area contributed by atoms with Gasteiger partial charge in [-0.3, -0.25) is 0 Å². The zero-order valence-electron chi connectivity index (χ0n) is 12.7. The molecule has 1 nitrogen and oxygen atoms in total. The van der Waals surface area contributed by atoms with Crippen LogP contribution >= 0.6 is 22.6 Å². The topological polar surface area (TPSA) is 12.0 Å². The number of benzene rings is 2. The van der Waals surface area contributed by atoms with Crippen LogP contribution in [-0.2, 0) is 6.42 Å². The smallest absolute Gasteiger partial charge is 0.0553 e. The minimum Gasteiger partial charge on any atom is -0.378 e. The molecule has 4 rings (SSSR count). The average Bonchev–Trinajstić information content (AvgIpc) is 3.04. The van der Waals surface area contributed by atoms with Crippen molar-refractivity contribution < 1.29 is 0 Å². The summed E-state index contributed by atoms with van der Waals surface area (Å²) < 4.78 is 1.32. The maximum Gasteiger partial charge on any atom is 0.0553 e. The number of hydrogen-bond acceptors (Lipinski definition) is 1. The molecule has 1 aliphatic heterocycles. The number of nitrogens with one attached hydrogen (secondary N) is 1. The van der Waals surface area contributed by atoms with Crippen LogP contribution in [-0.4, -0.2) is 0 Å². The molecule has 0 unspecified atom stereocenters. The van der Waals surface area contributed by atoms with Crippen molar-refractivity contribution in [1.82, 2.24) is 0 Å². The fourth-order valence-electron chi connectivity index (χ4n) is 3.86. The van der Waals surface area contributed by atoms with Crippen molar-refractivity contribution in [3.05, 3.63) is 74.9 Å². The Morgan fingerprint density at radius 1 is 1.14 bits per heavy atom. The molecule has 3 atom stereocenters. The molecule has 0 aromatic heterocycles. The average molecular weight is 401 g/mol. The van der Waals surface area contributed by atoms with Crippen molar-refractivity contribution in [2.24, 2.45) is 5.92 Å². The maximum absolute atomic E-state index is 3.81. The molecule has 1 N–H and O–H groups in total. The Hall–Kier alpha value is -1.29. The van der Waals surface area contributed by atoms with Crippen LogP contribution < -0.4 is 5.32 Å². The monoisotopic (exact) mass is 401 g/mol. The van der Waals surface area contributed by atoms with Gasteiger partial charge in [-0.25, -0.2) is 0 Å². The predicted octanol–water partition coefficient (Wildman–Crippen LogP) is 5.68. The first-order valence-corrected chi connectivity index (χ1v) is 9.15. The standard InChI is InChI=1S/C20H20IN/c1-2-13-6-8-14(9-7-13)20-17-5-3-4-16(17)18-12-15(21)10-11-19(18)22-20/h3-4,6-12,16-17,20,22H,2,5H2,1H3/t16-,17+,20+/m1/s1. The molecule has 2 aliphatic rings. The zero-order valence-corrected chi connectivity index (χ0v) is 14.9. The van der Waals surface area contributed by atoms with Crippen molar-refractivity contribution in [1.29, 1.82) is 0 Å². The lowest BCUT2D eigenvalue weighted by Crippen LogP contribution is -2.29. The lowest BCUT2D eigenvalue weighted by atomic mass is 9.77. The van der Waals surface area contributed by atoms with Gasteiger partial charge < -0.3 is 5.32 Å². The molecule has 0 fully saturated rings. The predicted molar refractivity (Wildman–Crippen MR) is 101 cm³/mol. The molecule has 1 aliphatic carbocycles. The maximum atomic E-state index is 3.81. The van der Waals surface area contributed by atoms with Crippen molar-refractivity contribution in [3.8, 4) is 0 Å². The quantitative estimate of drug-likeness (QED) is 0.504. The third-order valence-corrected chi connectivity index (χ3v) is 5.74. The number of halogens is 1. The Bertz CT molecular complexity index is 717. The number of anilines is 1. The summed E-state index contributed by atoms with van der Waals surface area (Å²) >= 11 is 2.41. The van der Waals surface area contributed by atoms with E-state index in [0.29, 0.717) is 17.9 Å². The second-order valence-electron chi connectivity index (χ2n) is 6.30. The summed E-state index contributed by atoms with van der Waals surface area (Å²) in [7, 11) is 0. The van der Waals surface area contributed by atoms with Gasteiger partial charge in [0.15, 0.2) is 0 Å². The molecule has 0 spiro atoms. The van der Waals surface area contributed by atoms with Gasteiger partial charge in [0.1, 0.15) is 0 Å². The van der Waals surface area contributed by atoms with Gasteiger partial charge in [0.2, 0.25) is 0 Å². The van der Waals surface area contributed by atoms with Crippen molar-refractivity contribution in [3.63, 3.8) is 0 Å². The van der Waals surface area contributed by atoms with E-state index in [1.807, 2.05) is 0 Å². The number of hydrogen-bond donors (Lipinski definition) is 1. The van der Waals surface area contributed by atoms with Gasteiger partial charge >= 0.3 is 0 Å². The number of aryl methyl sites for hydroxylation is 1. The van der Waals surface area contributed by atoms with E-state index in [4.69, 9.17) is 0 Å². The lowest BCUT2D eigenvalue weighted by Gasteiger charge is -2.37. The van der Waals surface area contributed by atoms with Crippen molar-refractivity contribution in [2.45, 2.75) is 31.7 Å². The summed E-state index contributed by atoms with van der Waals surface area (Å²) in [4.78, 5) is 0. The Morgan fingerprint density at radius 2 is 1.95 bits per heavy atom. The molecule has 22 heavy (non-hydrogen) atoms. The SMILES string of the molecule is CCc1ccc([C@@H]2Nc3ccc(I)cc3[C@@H]3C=CC[C@@H]32)cc1. The van der Waals surface area contributed by atoms with Crippen LogP contribution in [0.1, 0.15) is 42.0 Å². The van der Waals surface area contributed by atoms with E-state index in [0.717, 1.165) is 6.42 Å². The first-order valence-electron chi connectivity index (χ1n) is 8.07. The highest BCUT2D eigenvalue weighted by Crippen LogP contribution is 2.49. The van der Waals surface area contributed by atoms with Gasteiger partial charge in [0.25, 0.3) is 0 Å². The summed E-state index contributed by atoms with van der Waals surface area (Å²) in [6.45, 7) is 2.21. The number of fused-ring (bicyclic) bond motifs is 3. The van der Waals surface area contributed by atoms with E-state index < -0.39 is 0 Å². The largest absolute Gasteiger partial charge is 0.378 e. The highest BCUT2D eigenvalue weighted by Gasteiger charge is 2.37. The minimum absolute atomic E-state index is 0.415. The fourth-order valence-corrected chi connectivity index (χ4v) is 4.37. The Morgan fingerprint density at radius 3 is 2.73 bits per heavy atom. The molecule has 0 amide bonds. The van der Waals surface area contributed by atoms with Gasteiger partial charge in [0, 0.05) is 15.2 Å². The van der Waals surface area contributed by atoms with Crippen LogP contribution in [0.3, 0.4) is 0 Å². The summed E-state index contributed by atoms with van der Waals surface area (Å²) in [5.41, 5.74) is 5.60. The second kappa shape index (κ2) is 5.73. The third kappa shape index (κ3) is 2.37. The summed E-state index contributed by atoms with van der Waals surface area (Å²) in [6, 6.07) is 16.4. The number of rotatable bonds is 2. The van der Waals surface area contributed by atoms with E-state index in [1.54, 1.807) is 0 Å². The normalized spacial score (nSPS) is 25.5. The van der Waals surface area contributed by atoms with Gasteiger partial charge in [-0.15, -0.1) is 0 Å². The molecule has 2 aromatic carbocycles. The highest BCUT2D eigenvalue weighted by molar-refractivity contribution is 14.1. The molecule has 0 radical (unpaired) electrons. The zero-order chi connectivity index (χ0) is 15.1. The Balaban J connectivity index is 1.74. The van der Waals surface area contributed by atoms with Crippen LogP contribution in [0.15, 0.2) is 54.6 Å². The van der Waals surface area contributed by atoms with Crippen molar-refractivity contribution >= 4 is 28.3 Å². The summed E-state index contributed by atoms with van der Waals surface area (Å²) in [5, 5.41) is 3.81. The first kappa shape index (κ1) is 14.3. The third-order valence-electron chi connectivity index (χ3n) is 5.07. The highest BCUT2D eigenvalue weighted by atomic mass is 127. The molecule has 112 valence electrons. The van der Waals surface area contributed by atoms with Crippen LogP contribution in [0, 0.1) is 9.49 Å². The second-order valence-corrected chi connectivity index (χ2v) is 7.55. The van der Waals surface area contributed by atoms with Crippen LogP contribution in [0.5, 0.6) is 0 Å². The lowest BCUT2D eigenvalue weighted by molar-refractivity contribution is 0.425. The molecule has 1 heterocycles. The van der Waals surface area contributed by atoms with E-state index in [1.165, 1.54) is 32.4 Å². The molecule has 2 heteroatoms. The van der Waals surface area contributed by atoms with E-state index >= 15 is 0 Å². The van der Waals surface area contributed by atoms with Gasteiger partial charge in [-0.2, -0.15) is 0 Å². The molecule has 0 saturated carbocycles. The van der Waals surface area contributed by atoms with Gasteiger partial charge in [-0.1, -0.05) is 43.3 Å². The minimum atomic E-state index is 0.415. The molecular formula is C20H20IN. The first-order chi connectivity index (χ1) is 10.8. The Labute approximate surface area is 146 Å².